The van der Waals surface area contributed by atoms with Crippen LogP contribution in [0.25, 0.3) is 0 Å². The van der Waals surface area contributed by atoms with E-state index in [1.54, 1.807) is 12.5 Å². The van der Waals surface area contributed by atoms with Crippen LogP contribution in [0.2, 0.25) is 0 Å². The third kappa shape index (κ3) is 5.33. The SMILES string of the molecule is COCCc1noc(CN2CCCC(CNC(=O)c3csc(C)n3)C2)n1. The molecule has 0 aromatic carbocycles. The zero-order valence-corrected chi connectivity index (χ0v) is 16.0. The number of aromatic nitrogens is 3. The Kier molecular flexibility index (Phi) is 6.70. The molecule has 26 heavy (non-hydrogen) atoms. The van der Waals surface area contributed by atoms with Gasteiger partial charge in [-0.15, -0.1) is 11.3 Å². The number of ether oxygens (including phenoxy) is 1. The van der Waals surface area contributed by atoms with E-state index in [4.69, 9.17) is 9.26 Å². The summed E-state index contributed by atoms with van der Waals surface area (Å²) < 4.78 is 10.4. The van der Waals surface area contributed by atoms with Crippen LogP contribution in [0.3, 0.4) is 0 Å². The molecule has 0 radical (unpaired) electrons. The van der Waals surface area contributed by atoms with Crippen LogP contribution in [0.15, 0.2) is 9.90 Å². The lowest BCUT2D eigenvalue weighted by Crippen LogP contribution is -2.40. The Balaban J connectivity index is 1.45. The second-order valence-corrected chi connectivity index (χ2v) is 7.61. The first-order valence-electron chi connectivity index (χ1n) is 8.87. The molecule has 1 aliphatic rings. The normalized spacial score (nSPS) is 18.2. The van der Waals surface area contributed by atoms with E-state index in [1.807, 2.05) is 6.92 Å². The van der Waals surface area contributed by atoms with Crippen molar-refractivity contribution < 1.29 is 14.1 Å². The Morgan fingerprint density at radius 2 is 2.38 bits per heavy atom. The molecular formula is C17H25N5O3S. The molecule has 0 spiro atoms. The molecule has 3 rings (SSSR count). The molecule has 1 unspecified atom stereocenters. The summed E-state index contributed by atoms with van der Waals surface area (Å²) in [5.41, 5.74) is 0.509. The van der Waals surface area contributed by atoms with Crippen molar-refractivity contribution in [1.82, 2.24) is 25.3 Å². The van der Waals surface area contributed by atoms with Crippen LogP contribution in [-0.4, -0.2) is 59.3 Å². The fraction of sp³-hybridized carbons (Fsp3) is 0.647. The summed E-state index contributed by atoms with van der Waals surface area (Å²) in [5.74, 6) is 1.65. The molecule has 2 aromatic heterocycles. The fourth-order valence-corrected chi connectivity index (χ4v) is 3.69. The van der Waals surface area contributed by atoms with Crippen molar-refractivity contribution >= 4 is 17.2 Å². The van der Waals surface area contributed by atoms with E-state index in [2.05, 4.69) is 25.3 Å². The van der Waals surface area contributed by atoms with Crippen LogP contribution in [0, 0.1) is 12.8 Å². The van der Waals surface area contributed by atoms with Crippen LogP contribution in [0.1, 0.15) is 40.1 Å². The number of carbonyl (C=O) groups excluding carboxylic acids is 1. The second-order valence-electron chi connectivity index (χ2n) is 6.55. The van der Waals surface area contributed by atoms with Crippen LogP contribution in [0.4, 0.5) is 0 Å². The number of aryl methyl sites for hydroxylation is 1. The minimum absolute atomic E-state index is 0.0915. The van der Waals surface area contributed by atoms with E-state index in [1.165, 1.54) is 11.3 Å². The number of nitrogens with one attached hydrogen (secondary N) is 1. The minimum Gasteiger partial charge on any atom is -0.384 e. The average Bonchev–Trinajstić information content (AvgIpc) is 3.27. The summed E-state index contributed by atoms with van der Waals surface area (Å²) in [7, 11) is 1.66. The van der Waals surface area contributed by atoms with Gasteiger partial charge in [-0.25, -0.2) is 4.98 Å². The quantitative estimate of drug-likeness (QED) is 0.745. The standard InChI is InChI=1S/C17H25N5O3S/c1-12-19-14(11-26-12)17(23)18-8-13-4-3-6-22(9-13)10-16-20-15(21-25-16)5-7-24-2/h11,13H,3-10H2,1-2H3,(H,18,23). The maximum absolute atomic E-state index is 12.1. The van der Waals surface area contributed by atoms with Crippen molar-refractivity contribution in [2.45, 2.75) is 32.7 Å². The molecule has 1 saturated heterocycles. The number of carbonyl (C=O) groups is 1. The third-order valence-corrected chi connectivity index (χ3v) is 5.18. The molecule has 9 heteroatoms. The van der Waals surface area contributed by atoms with Crippen LogP contribution in [-0.2, 0) is 17.7 Å². The highest BCUT2D eigenvalue weighted by Crippen LogP contribution is 2.18. The molecule has 2 aromatic rings. The van der Waals surface area contributed by atoms with E-state index in [0.717, 1.165) is 30.9 Å². The molecule has 0 saturated carbocycles. The Morgan fingerprint density at radius 1 is 1.50 bits per heavy atom. The predicted molar refractivity (Wildman–Crippen MR) is 97.1 cm³/mol. The first-order chi connectivity index (χ1) is 12.6. The van der Waals surface area contributed by atoms with E-state index < -0.39 is 0 Å². The highest BCUT2D eigenvalue weighted by molar-refractivity contribution is 7.09. The van der Waals surface area contributed by atoms with Gasteiger partial charge in [0.25, 0.3) is 5.91 Å². The number of nitrogens with zero attached hydrogens (tertiary/aromatic N) is 4. The summed E-state index contributed by atoms with van der Waals surface area (Å²) in [5, 5.41) is 9.69. The molecule has 3 heterocycles. The molecular weight excluding hydrogens is 354 g/mol. The summed E-state index contributed by atoms with van der Waals surface area (Å²) in [4.78, 5) is 23.1. The Hall–Kier alpha value is -1.84. The van der Waals surface area contributed by atoms with Crippen molar-refractivity contribution in [2.24, 2.45) is 5.92 Å². The molecule has 1 N–H and O–H groups in total. The molecule has 1 atom stereocenters. The maximum Gasteiger partial charge on any atom is 0.270 e. The Morgan fingerprint density at radius 3 is 3.15 bits per heavy atom. The van der Waals surface area contributed by atoms with E-state index >= 15 is 0 Å². The Labute approximate surface area is 156 Å². The monoisotopic (exact) mass is 379 g/mol. The van der Waals surface area contributed by atoms with Crippen molar-refractivity contribution in [3.8, 4) is 0 Å². The van der Waals surface area contributed by atoms with Gasteiger partial charge in [0.05, 0.1) is 18.2 Å². The number of rotatable bonds is 8. The van der Waals surface area contributed by atoms with Gasteiger partial charge in [-0.3, -0.25) is 9.69 Å². The smallest absolute Gasteiger partial charge is 0.270 e. The largest absolute Gasteiger partial charge is 0.384 e. The molecule has 1 aliphatic heterocycles. The van der Waals surface area contributed by atoms with E-state index in [0.29, 0.717) is 49.4 Å². The van der Waals surface area contributed by atoms with Crippen molar-refractivity contribution in [2.75, 3.05) is 33.4 Å². The van der Waals surface area contributed by atoms with Crippen LogP contribution >= 0.6 is 11.3 Å². The van der Waals surface area contributed by atoms with Gasteiger partial charge >= 0.3 is 0 Å². The van der Waals surface area contributed by atoms with Gasteiger partial charge in [-0.1, -0.05) is 5.16 Å². The topological polar surface area (TPSA) is 93.4 Å². The molecule has 0 aliphatic carbocycles. The number of hydrogen-bond donors (Lipinski definition) is 1. The number of thiazole rings is 1. The maximum atomic E-state index is 12.1. The zero-order valence-electron chi connectivity index (χ0n) is 15.2. The zero-order chi connectivity index (χ0) is 18.4. The number of piperidine rings is 1. The number of methoxy groups -OCH3 is 1. The number of amides is 1. The van der Waals surface area contributed by atoms with Gasteiger partial charge < -0.3 is 14.6 Å². The van der Waals surface area contributed by atoms with Crippen molar-refractivity contribution in [1.29, 1.82) is 0 Å². The highest BCUT2D eigenvalue weighted by Gasteiger charge is 2.22. The first-order valence-corrected chi connectivity index (χ1v) is 9.75. The van der Waals surface area contributed by atoms with Gasteiger partial charge in [0.2, 0.25) is 5.89 Å². The molecule has 0 bridgehead atoms. The van der Waals surface area contributed by atoms with Crippen molar-refractivity contribution in [3.05, 3.63) is 27.8 Å². The fourth-order valence-electron chi connectivity index (χ4n) is 3.10. The number of hydrogen-bond acceptors (Lipinski definition) is 8. The number of likely N-dealkylation sites (tertiary alicyclic amines) is 1. The predicted octanol–water partition coefficient (Wildman–Crippen LogP) is 1.67. The van der Waals surface area contributed by atoms with Gasteiger partial charge in [0.15, 0.2) is 5.82 Å². The summed E-state index contributed by atoms with van der Waals surface area (Å²) >= 11 is 1.49. The first kappa shape index (κ1) is 18.9. The Bertz CT molecular complexity index is 717. The third-order valence-electron chi connectivity index (χ3n) is 4.40. The lowest BCUT2D eigenvalue weighted by molar-refractivity contribution is 0.0922. The van der Waals surface area contributed by atoms with Crippen molar-refractivity contribution in [3.63, 3.8) is 0 Å². The second kappa shape index (κ2) is 9.20. The molecule has 1 fully saturated rings. The summed E-state index contributed by atoms with van der Waals surface area (Å²) in [6.45, 7) is 5.71. The molecule has 1 amide bonds. The van der Waals surface area contributed by atoms with Gasteiger partial charge in [0.1, 0.15) is 5.69 Å². The average molecular weight is 379 g/mol. The lowest BCUT2D eigenvalue weighted by atomic mass is 9.98. The van der Waals surface area contributed by atoms with Gasteiger partial charge in [-0.05, 0) is 32.2 Å². The molecule has 142 valence electrons. The van der Waals surface area contributed by atoms with E-state index in [9.17, 15) is 4.79 Å². The molecule has 8 nitrogen and oxygen atoms in total. The highest BCUT2D eigenvalue weighted by atomic mass is 32.1. The summed E-state index contributed by atoms with van der Waals surface area (Å²) in [6, 6.07) is 0. The van der Waals surface area contributed by atoms with Gasteiger partial charge in [-0.2, -0.15) is 4.98 Å². The van der Waals surface area contributed by atoms with Crippen LogP contribution < -0.4 is 5.32 Å². The van der Waals surface area contributed by atoms with Crippen LogP contribution in [0.5, 0.6) is 0 Å². The van der Waals surface area contributed by atoms with E-state index in [-0.39, 0.29) is 5.91 Å². The summed E-state index contributed by atoms with van der Waals surface area (Å²) in [6.07, 6.45) is 2.86. The lowest BCUT2D eigenvalue weighted by Gasteiger charge is -2.31. The minimum atomic E-state index is -0.0915. The van der Waals surface area contributed by atoms with Gasteiger partial charge in [0, 0.05) is 32.0 Å².